The van der Waals surface area contributed by atoms with Crippen LogP contribution in [0.15, 0.2) is 71.6 Å². The van der Waals surface area contributed by atoms with Gasteiger partial charge in [0.05, 0.1) is 17.7 Å². The second kappa shape index (κ2) is 11.2. The summed E-state index contributed by atoms with van der Waals surface area (Å²) in [5.41, 5.74) is 4.40. The van der Waals surface area contributed by atoms with Crippen molar-refractivity contribution in [2.24, 2.45) is 0 Å². The number of benzene rings is 3. The van der Waals surface area contributed by atoms with Gasteiger partial charge < -0.3 is 10.1 Å². The van der Waals surface area contributed by atoms with Crippen molar-refractivity contribution in [3.8, 4) is 5.75 Å². The van der Waals surface area contributed by atoms with Gasteiger partial charge in [-0.25, -0.2) is 8.42 Å². The minimum absolute atomic E-state index is 0.159. The Hall–Kier alpha value is -3.32. The summed E-state index contributed by atoms with van der Waals surface area (Å²) in [6, 6.07) is 20.0. The fourth-order valence-electron chi connectivity index (χ4n) is 3.64. The number of carbonyl (C=O) groups is 1. The van der Waals surface area contributed by atoms with Crippen LogP contribution in [0.4, 0.5) is 5.69 Å². The number of hydrogen-bond donors (Lipinski definition) is 1. The summed E-state index contributed by atoms with van der Waals surface area (Å²) >= 11 is 0. The maximum Gasteiger partial charge on any atom is 0.264 e. The van der Waals surface area contributed by atoms with E-state index in [0.717, 1.165) is 40.8 Å². The highest BCUT2D eigenvalue weighted by molar-refractivity contribution is 7.92. The number of nitrogens with one attached hydrogen (secondary N) is 1. The van der Waals surface area contributed by atoms with Crippen molar-refractivity contribution < 1.29 is 17.9 Å². The number of sulfonamides is 1. The smallest absolute Gasteiger partial charge is 0.264 e. The molecule has 0 fully saturated rings. The Labute approximate surface area is 202 Å². The second-order valence-corrected chi connectivity index (χ2v) is 10.2. The molecule has 0 aromatic heterocycles. The van der Waals surface area contributed by atoms with Gasteiger partial charge in [0.25, 0.3) is 10.0 Å². The third-order valence-electron chi connectivity index (χ3n) is 5.86. The quantitative estimate of drug-likeness (QED) is 0.432. The monoisotopic (exact) mass is 480 g/mol. The van der Waals surface area contributed by atoms with E-state index in [1.54, 1.807) is 37.4 Å². The molecule has 0 spiro atoms. The van der Waals surface area contributed by atoms with Gasteiger partial charge in [-0.3, -0.25) is 9.10 Å². The SMILES string of the molecule is COc1ccc(CCCNC(=O)CN(c2cccc(C)c2C)S(=O)(=O)c2ccc(C)cc2)cc1. The standard InChI is InChI=1S/C27H32N2O4S/c1-20-10-16-25(17-11-20)34(31,32)29(26-9-5-7-21(2)22(26)3)19-27(30)28-18-6-8-23-12-14-24(33-4)15-13-23/h5,7,9-17H,6,8,18-19H2,1-4H3,(H,28,30). The Bertz CT molecular complexity index is 1220. The number of ether oxygens (including phenoxy) is 1. The molecule has 7 heteroatoms. The summed E-state index contributed by atoms with van der Waals surface area (Å²) < 4.78 is 33.5. The molecule has 1 amide bonds. The summed E-state index contributed by atoms with van der Waals surface area (Å²) in [4.78, 5) is 13.0. The molecule has 0 aliphatic carbocycles. The van der Waals surface area contributed by atoms with Gasteiger partial charge in [0, 0.05) is 6.54 Å². The number of anilines is 1. The van der Waals surface area contributed by atoms with Crippen LogP contribution in [0, 0.1) is 20.8 Å². The Morgan fingerprint density at radius 3 is 2.26 bits per heavy atom. The van der Waals surface area contributed by atoms with Crippen molar-refractivity contribution in [2.75, 3.05) is 24.5 Å². The van der Waals surface area contributed by atoms with Crippen molar-refractivity contribution >= 4 is 21.6 Å². The van der Waals surface area contributed by atoms with E-state index in [1.807, 2.05) is 57.2 Å². The van der Waals surface area contributed by atoms with Crippen molar-refractivity contribution in [3.05, 3.63) is 89.0 Å². The molecule has 3 rings (SSSR count). The molecule has 1 N–H and O–H groups in total. The van der Waals surface area contributed by atoms with Crippen LogP contribution in [-0.2, 0) is 21.2 Å². The molecule has 0 aliphatic heterocycles. The maximum absolute atomic E-state index is 13.5. The van der Waals surface area contributed by atoms with Crippen molar-refractivity contribution in [2.45, 2.75) is 38.5 Å². The van der Waals surface area contributed by atoms with Gasteiger partial charge in [0.1, 0.15) is 12.3 Å². The van der Waals surface area contributed by atoms with Crippen molar-refractivity contribution in [1.82, 2.24) is 5.32 Å². The lowest BCUT2D eigenvalue weighted by molar-refractivity contribution is -0.119. The number of aryl methyl sites for hydroxylation is 3. The number of carbonyl (C=O) groups excluding carboxylic acids is 1. The second-order valence-electron chi connectivity index (χ2n) is 8.35. The number of hydrogen-bond acceptors (Lipinski definition) is 4. The van der Waals surface area contributed by atoms with E-state index in [2.05, 4.69) is 5.32 Å². The lowest BCUT2D eigenvalue weighted by Gasteiger charge is -2.26. The molecular weight excluding hydrogens is 448 g/mol. The summed E-state index contributed by atoms with van der Waals surface area (Å²) in [7, 11) is -2.29. The van der Waals surface area contributed by atoms with Crippen LogP contribution in [0.1, 0.15) is 28.7 Å². The molecule has 0 heterocycles. The highest BCUT2D eigenvalue weighted by Crippen LogP contribution is 2.28. The third kappa shape index (κ3) is 6.17. The van der Waals surface area contributed by atoms with Crippen molar-refractivity contribution in [1.29, 1.82) is 0 Å². The lowest BCUT2D eigenvalue weighted by atomic mass is 10.1. The van der Waals surface area contributed by atoms with E-state index in [0.29, 0.717) is 12.2 Å². The Kier molecular flexibility index (Phi) is 8.34. The molecule has 3 aromatic carbocycles. The average Bonchev–Trinajstić information content (AvgIpc) is 2.83. The van der Waals surface area contributed by atoms with E-state index in [-0.39, 0.29) is 17.3 Å². The van der Waals surface area contributed by atoms with Crippen LogP contribution < -0.4 is 14.4 Å². The van der Waals surface area contributed by atoms with Crippen LogP contribution in [0.5, 0.6) is 5.75 Å². The lowest BCUT2D eigenvalue weighted by Crippen LogP contribution is -2.41. The molecule has 6 nitrogen and oxygen atoms in total. The largest absolute Gasteiger partial charge is 0.497 e. The van der Waals surface area contributed by atoms with Crippen LogP contribution >= 0.6 is 0 Å². The topological polar surface area (TPSA) is 75.7 Å². The van der Waals surface area contributed by atoms with Crippen LogP contribution in [0.2, 0.25) is 0 Å². The van der Waals surface area contributed by atoms with E-state index in [1.165, 1.54) is 4.31 Å². The predicted molar refractivity (Wildman–Crippen MR) is 136 cm³/mol. The summed E-state index contributed by atoms with van der Waals surface area (Å²) in [5, 5.41) is 2.87. The fraction of sp³-hybridized carbons (Fsp3) is 0.296. The first-order valence-corrected chi connectivity index (χ1v) is 12.7. The molecule has 0 aliphatic rings. The predicted octanol–water partition coefficient (Wildman–Crippen LogP) is 4.56. The molecule has 0 unspecified atom stereocenters. The minimum atomic E-state index is -3.92. The van der Waals surface area contributed by atoms with Gasteiger partial charge in [-0.1, -0.05) is 42.0 Å². The molecule has 3 aromatic rings. The van der Waals surface area contributed by atoms with Gasteiger partial charge in [0.2, 0.25) is 5.91 Å². The third-order valence-corrected chi connectivity index (χ3v) is 7.64. The number of amides is 1. The van der Waals surface area contributed by atoms with Gasteiger partial charge in [0.15, 0.2) is 0 Å². The molecule has 0 radical (unpaired) electrons. The van der Waals surface area contributed by atoms with Gasteiger partial charge in [-0.2, -0.15) is 0 Å². The van der Waals surface area contributed by atoms with Gasteiger partial charge in [-0.15, -0.1) is 0 Å². The summed E-state index contributed by atoms with van der Waals surface area (Å²) in [6.07, 6.45) is 1.54. The summed E-state index contributed by atoms with van der Waals surface area (Å²) in [6.45, 7) is 5.86. The zero-order valence-corrected chi connectivity index (χ0v) is 21.0. The minimum Gasteiger partial charge on any atom is -0.497 e. The Balaban J connectivity index is 1.72. The number of methoxy groups -OCH3 is 1. The van der Waals surface area contributed by atoms with Gasteiger partial charge >= 0.3 is 0 Å². The normalized spacial score (nSPS) is 11.2. The zero-order valence-electron chi connectivity index (χ0n) is 20.2. The summed E-state index contributed by atoms with van der Waals surface area (Å²) in [5.74, 6) is 0.463. The van der Waals surface area contributed by atoms with Crippen LogP contribution in [0.3, 0.4) is 0 Å². The van der Waals surface area contributed by atoms with Crippen molar-refractivity contribution in [3.63, 3.8) is 0 Å². The number of rotatable bonds is 10. The molecule has 0 saturated carbocycles. The van der Waals surface area contributed by atoms with Crippen LogP contribution in [-0.4, -0.2) is 34.5 Å². The highest BCUT2D eigenvalue weighted by Gasteiger charge is 2.28. The molecule has 180 valence electrons. The fourth-order valence-corrected chi connectivity index (χ4v) is 5.12. The molecular formula is C27H32N2O4S. The number of nitrogens with zero attached hydrogens (tertiary/aromatic N) is 1. The van der Waals surface area contributed by atoms with E-state index in [9.17, 15) is 13.2 Å². The first-order chi connectivity index (χ1) is 16.2. The Morgan fingerprint density at radius 2 is 1.62 bits per heavy atom. The van der Waals surface area contributed by atoms with E-state index >= 15 is 0 Å². The highest BCUT2D eigenvalue weighted by atomic mass is 32.2. The van der Waals surface area contributed by atoms with E-state index < -0.39 is 10.0 Å². The molecule has 0 saturated heterocycles. The first kappa shape index (κ1) is 25.3. The molecule has 0 bridgehead atoms. The van der Waals surface area contributed by atoms with Gasteiger partial charge in [-0.05, 0) is 80.6 Å². The molecule has 0 atom stereocenters. The van der Waals surface area contributed by atoms with E-state index in [4.69, 9.17) is 4.74 Å². The zero-order chi connectivity index (χ0) is 24.7. The maximum atomic E-state index is 13.5. The first-order valence-electron chi connectivity index (χ1n) is 11.3. The average molecular weight is 481 g/mol. The molecule has 34 heavy (non-hydrogen) atoms. The Morgan fingerprint density at radius 1 is 0.941 bits per heavy atom. The van der Waals surface area contributed by atoms with Crippen LogP contribution in [0.25, 0.3) is 0 Å².